The van der Waals surface area contributed by atoms with E-state index in [2.05, 4.69) is 24.3 Å². The Morgan fingerprint density at radius 1 is 1.29 bits per heavy atom. The summed E-state index contributed by atoms with van der Waals surface area (Å²) < 4.78 is 5.00. The molecular weight excluding hydrogens is 212 g/mol. The van der Waals surface area contributed by atoms with Crippen molar-refractivity contribution < 1.29 is 9.53 Å². The van der Waals surface area contributed by atoms with Gasteiger partial charge in [-0.05, 0) is 37.2 Å². The van der Waals surface area contributed by atoms with Crippen molar-refractivity contribution in [2.75, 3.05) is 6.61 Å². The van der Waals surface area contributed by atoms with Gasteiger partial charge in [0, 0.05) is 6.42 Å². The Kier molecular flexibility index (Phi) is 3.82. The zero-order valence-electron chi connectivity index (χ0n) is 10.4. The molecule has 0 radical (unpaired) electrons. The van der Waals surface area contributed by atoms with Crippen molar-refractivity contribution in [1.29, 1.82) is 0 Å². The maximum atomic E-state index is 11.4. The van der Waals surface area contributed by atoms with Crippen LogP contribution in [0.2, 0.25) is 0 Å². The lowest BCUT2D eigenvalue weighted by atomic mass is 9.62. The largest absolute Gasteiger partial charge is 0.466 e. The molecule has 0 aromatic heterocycles. The standard InChI is InChI=1S/C15H20O2/c1-2-17-14(16)9-12-15(10-6-11-15)13-7-4-3-5-8-13/h3-5,7-8H,2,6,9-12H2,1H3. The summed E-state index contributed by atoms with van der Waals surface area (Å²) in [5.74, 6) is -0.0605. The fourth-order valence-electron chi connectivity index (χ4n) is 2.65. The SMILES string of the molecule is CCOC(=O)CCC1(c2ccccc2)CCC1. The average Bonchev–Trinajstić information content (AvgIpc) is 2.29. The molecule has 0 aliphatic heterocycles. The number of esters is 1. The van der Waals surface area contributed by atoms with Crippen molar-refractivity contribution in [2.45, 2.75) is 44.4 Å². The minimum absolute atomic E-state index is 0.0605. The second kappa shape index (κ2) is 5.35. The van der Waals surface area contributed by atoms with Crippen molar-refractivity contribution in [3.8, 4) is 0 Å². The Balaban J connectivity index is 1.99. The van der Waals surface area contributed by atoms with E-state index < -0.39 is 0 Å². The van der Waals surface area contributed by atoms with Crippen molar-refractivity contribution in [3.05, 3.63) is 35.9 Å². The summed E-state index contributed by atoms with van der Waals surface area (Å²) in [4.78, 5) is 11.4. The lowest BCUT2D eigenvalue weighted by molar-refractivity contribution is -0.143. The molecule has 1 aromatic carbocycles. The highest BCUT2D eigenvalue weighted by Gasteiger charge is 2.38. The van der Waals surface area contributed by atoms with Crippen LogP contribution in [-0.4, -0.2) is 12.6 Å². The first-order chi connectivity index (χ1) is 8.27. The average molecular weight is 232 g/mol. The summed E-state index contributed by atoms with van der Waals surface area (Å²) >= 11 is 0. The first kappa shape index (κ1) is 12.2. The second-order valence-corrected chi connectivity index (χ2v) is 4.80. The third-order valence-electron chi connectivity index (χ3n) is 3.81. The fraction of sp³-hybridized carbons (Fsp3) is 0.533. The highest BCUT2D eigenvalue weighted by Crippen LogP contribution is 2.47. The van der Waals surface area contributed by atoms with E-state index in [1.807, 2.05) is 13.0 Å². The van der Waals surface area contributed by atoms with E-state index >= 15 is 0 Å². The molecule has 1 aliphatic rings. The topological polar surface area (TPSA) is 26.3 Å². The maximum Gasteiger partial charge on any atom is 0.305 e. The molecule has 2 nitrogen and oxygen atoms in total. The van der Waals surface area contributed by atoms with Crippen LogP contribution >= 0.6 is 0 Å². The molecule has 1 aromatic rings. The highest BCUT2D eigenvalue weighted by molar-refractivity contribution is 5.69. The van der Waals surface area contributed by atoms with E-state index in [0.29, 0.717) is 13.0 Å². The smallest absolute Gasteiger partial charge is 0.305 e. The summed E-state index contributed by atoms with van der Waals surface area (Å²) in [6.07, 6.45) is 5.16. The fourth-order valence-corrected chi connectivity index (χ4v) is 2.65. The van der Waals surface area contributed by atoms with Crippen molar-refractivity contribution in [2.24, 2.45) is 0 Å². The van der Waals surface area contributed by atoms with Gasteiger partial charge in [-0.2, -0.15) is 0 Å². The molecule has 0 heterocycles. The Labute approximate surface area is 103 Å². The quantitative estimate of drug-likeness (QED) is 0.727. The molecule has 0 saturated heterocycles. The highest BCUT2D eigenvalue weighted by atomic mass is 16.5. The van der Waals surface area contributed by atoms with Crippen LogP contribution in [0.25, 0.3) is 0 Å². The van der Waals surface area contributed by atoms with Gasteiger partial charge in [-0.25, -0.2) is 0 Å². The molecule has 0 bridgehead atoms. The Hall–Kier alpha value is -1.31. The molecule has 92 valence electrons. The Morgan fingerprint density at radius 2 is 2.00 bits per heavy atom. The Morgan fingerprint density at radius 3 is 2.53 bits per heavy atom. The molecule has 0 N–H and O–H groups in total. The molecule has 2 rings (SSSR count). The van der Waals surface area contributed by atoms with Gasteiger partial charge in [-0.3, -0.25) is 4.79 Å². The zero-order valence-corrected chi connectivity index (χ0v) is 10.4. The predicted molar refractivity (Wildman–Crippen MR) is 67.8 cm³/mol. The molecule has 0 atom stereocenters. The van der Waals surface area contributed by atoms with E-state index in [1.165, 1.54) is 24.8 Å². The third-order valence-corrected chi connectivity index (χ3v) is 3.81. The first-order valence-corrected chi connectivity index (χ1v) is 6.48. The maximum absolute atomic E-state index is 11.4. The van der Waals surface area contributed by atoms with Gasteiger partial charge in [0.05, 0.1) is 6.61 Å². The molecule has 1 aliphatic carbocycles. The van der Waals surface area contributed by atoms with Gasteiger partial charge in [0.1, 0.15) is 0 Å². The van der Waals surface area contributed by atoms with Crippen LogP contribution in [0.1, 0.15) is 44.6 Å². The second-order valence-electron chi connectivity index (χ2n) is 4.80. The van der Waals surface area contributed by atoms with Gasteiger partial charge < -0.3 is 4.74 Å². The number of hydrogen-bond acceptors (Lipinski definition) is 2. The number of ether oxygens (including phenoxy) is 1. The molecular formula is C15H20O2. The normalized spacial score (nSPS) is 17.2. The minimum atomic E-state index is -0.0605. The van der Waals surface area contributed by atoms with Gasteiger partial charge >= 0.3 is 5.97 Å². The summed E-state index contributed by atoms with van der Waals surface area (Å²) in [5, 5.41) is 0. The molecule has 0 spiro atoms. The van der Waals surface area contributed by atoms with Crippen molar-refractivity contribution in [1.82, 2.24) is 0 Å². The number of carbonyl (C=O) groups excluding carboxylic acids is 1. The van der Waals surface area contributed by atoms with Gasteiger partial charge in [0.2, 0.25) is 0 Å². The summed E-state index contributed by atoms with van der Waals surface area (Å²) in [5.41, 5.74) is 1.63. The molecule has 2 heteroatoms. The molecule has 0 amide bonds. The van der Waals surface area contributed by atoms with Crippen LogP contribution in [0.15, 0.2) is 30.3 Å². The minimum Gasteiger partial charge on any atom is -0.466 e. The number of benzene rings is 1. The van der Waals surface area contributed by atoms with E-state index in [4.69, 9.17) is 4.74 Å². The molecule has 0 unspecified atom stereocenters. The first-order valence-electron chi connectivity index (χ1n) is 6.48. The number of hydrogen-bond donors (Lipinski definition) is 0. The van der Waals surface area contributed by atoms with E-state index in [9.17, 15) is 4.79 Å². The molecule has 1 fully saturated rings. The van der Waals surface area contributed by atoms with Gasteiger partial charge in [-0.15, -0.1) is 0 Å². The Bertz CT molecular complexity index is 366. The van der Waals surface area contributed by atoms with E-state index in [1.54, 1.807) is 0 Å². The third kappa shape index (κ3) is 2.68. The summed E-state index contributed by atoms with van der Waals surface area (Å²) in [7, 11) is 0. The molecule has 1 saturated carbocycles. The van der Waals surface area contributed by atoms with Crippen LogP contribution in [0, 0.1) is 0 Å². The van der Waals surface area contributed by atoms with Crippen LogP contribution in [-0.2, 0) is 14.9 Å². The lowest BCUT2D eigenvalue weighted by Gasteiger charge is -2.42. The van der Waals surface area contributed by atoms with Gasteiger partial charge in [-0.1, -0.05) is 36.8 Å². The van der Waals surface area contributed by atoms with Crippen LogP contribution in [0.4, 0.5) is 0 Å². The summed E-state index contributed by atoms with van der Waals surface area (Å²) in [6.45, 7) is 2.34. The van der Waals surface area contributed by atoms with E-state index in [-0.39, 0.29) is 11.4 Å². The number of rotatable bonds is 5. The van der Waals surface area contributed by atoms with Gasteiger partial charge in [0.25, 0.3) is 0 Å². The van der Waals surface area contributed by atoms with Crippen LogP contribution in [0.3, 0.4) is 0 Å². The zero-order chi connectivity index (χ0) is 12.1. The summed E-state index contributed by atoms with van der Waals surface area (Å²) in [6, 6.07) is 10.6. The van der Waals surface area contributed by atoms with Crippen molar-refractivity contribution in [3.63, 3.8) is 0 Å². The van der Waals surface area contributed by atoms with E-state index in [0.717, 1.165) is 6.42 Å². The monoisotopic (exact) mass is 232 g/mol. The molecule has 17 heavy (non-hydrogen) atoms. The van der Waals surface area contributed by atoms with Gasteiger partial charge in [0.15, 0.2) is 0 Å². The van der Waals surface area contributed by atoms with Crippen LogP contribution < -0.4 is 0 Å². The van der Waals surface area contributed by atoms with Crippen LogP contribution in [0.5, 0.6) is 0 Å². The number of carbonyl (C=O) groups is 1. The lowest BCUT2D eigenvalue weighted by Crippen LogP contribution is -2.34. The van der Waals surface area contributed by atoms with Crippen molar-refractivity contribution >= 4 is 5.97 Å². The predicted octanol–water partition coefficient (Wildman–Crippen LogP) is 3.45.